The van der Waals surface area contributed by atoms with Crippen LogP contribution in [0.4, 0.5) is 5.69 Å². The van der Waals surface area contributed by atoms with Crippen LogP contribution in [0.2, 0.25) is 5.02 Å². The molecular formula is C21H28ClN3O. The van der Waals surface area contributed by atoms with Crippen LogP contribution in [0, 0.1) is 0 Å². The number of nitrogens with one attached hydrogen (secondary N) is 1. The van der Waals surface area contributed by atoms with E-state index in [2.05, 4.69) is 23.2 Å². The lowest BCUT2D eigenvalue weighted by atomic mass is 9.92. The minimum atomic E-state index is 0.421. The summed E-state index contributed by atoms with van der Waals surface area (Å²) in [6, 6.07) is 6.51. The monoisotopic (exact) mass is 373 g/mol. The maximum atomic E-state index is 6.22. The second-order valence-corrected chi connectivity index (χ2v) is 8.01. The molecule has 0 radical (unpaired) electrons. The molecule has 0 bridgehead atoms. The molecule has 4 rings (SSSR count). The van der Waals surface area contributed by atoms with Crippen LogP contribution in [0.15, 0.2) is 18.2 Å². The van der Waals surface area contributed by atoms with E-state index in [-0.39, 0.29) is 0 Å². The van der Waals surface area contributed by atoms with Gasteiger partial charge < -0.3 is 10.1 Å². The second-order valence-electron chi connectivity index (χ2n) is 7.57. The van der Waals surface area contributed by atoms with Gasteiger partial charge in [-0.15, -0.1) is 0 Å². The maximum Gasteiger partial charge on any atom is 0.0741 e. The van der Waals surface area contributed by atoms with Gasteiger partial charge in [-0.05, 0) is 62.8 Å². The van der Waals surface area contributed by atoms with Crippen molar-refractivity contribution in [1.29, 1.82) is 0 Å². The predicted molar refractivity (Wildman–Crippen MR) is 108 cm³/mol. The fraction of sp³-hybridized carbons (Fsp3) is 0.571. The Balaban J connectivity index is 1.56. The van der Waals surface area contributed by atoms with Crippen LogP contribution in [0.25, 0.3) is 10.9 Å². The van der Waals surface area contributed by atoms with Gasteiger partial charge in [0.1, 0.15) is 0 Å². The van der Waals surface area contributed by atoms with Gasteiger partial charge in [0.15, 0.2) is 0 Å². The van der Waals surface area contributed by atoms with Crippen molar-refractivity contribution in [3.63, 3.8) is 0 Å². The highest BCUT2D eigenvalue weighted by Gasteiger charge is 2.20. The van der Waals surface area contributed by atoms with Crippen LogP contribution in [0.5, 0.6) is 0 Å². The first kappa shape index (κ1) is 18.0. The Kier molecular flexibility index (Phi) is 5.63. The third-order valence-electron chi connectivity index (χ3n) is 5.60. The number of rotatable bonds is 5. The molecule has 2 heterocycles. The first-order chi connectivity index (χ1) is 12.7. The predicted octanol–water partition coefficient (Wildman–Crippen LogP) is 4.29. The smallest absolute Gasteiger partial charge is 0.0741 e. The van der Waals surface area contributed by atoms with E-state index in [1.165, 1.54) is 35.2 Å². The van der Waals surface area contributed by atoms with Crippen LogP contribution in [-0.2, 0) is 17.6 Å². The molecule has 1 saturated heterocycles. The summed E-state index contributed by atoms with van der Waals surface area (Å²) in [5, 5.41) is 5.79. The Morgan fingerprint density at radius 2 is 2.04 bits per heavy atom. The highest BCUT2D eigenvalue weighted by atomic mass is 35.5. The van der Waals surface area contributed by atoms with Gasteiger partial charge in [-0.3, -0.25) is 9.88 Å². The van der Waals surface area contributed by atoms with Gasteiger partial charge in [0, 0.05) is 47.5 Å². The quantitative estimate of drug-likeness (QED) is 0.848. The maximum absolute atomic E-state index is 6.22. The van der Waals surface area contributed by atoms with Gasteiger partial charge in [-0.2, -0.15) is 0 Å². The number of nitrogens with zero attached hydrogens (tertiary/aromatic N) is 2. The molecule has 1 aliphatic heterocycles. The topological polar surface area (TPSA) is 37.4 Å². The van der Waals surface area contributed by atoms with E-state index >= 15 is 0 Å². The standard InChI is InChI=1S/C21H28ClN3O/c1-15(8-9-25-10-12-26-13-11-25)23-21-17-4-2-3-5-19(17)24-20-14-16(22)6-7-18(20)21/h6-7,14-15H,2-5,8-13H2,1H3,(H,23,24). The number of benzene rings is 1. The molecule has 1 atom stereocenters. The van der Waals surface area contributed by atoms with E-state index in [4.69, 9.17) is 21.3 Å². The summed E-state index contributed by atoms with van der Waals surface area (Å²) in [5.41, 5.74) is 4.98. The fourth-order valence-corrected chi connectivity index (χ4v) is 4.25. The zero-order chi connectivity index (χ0) is 17.9. The number of halogens is 1. The van der Waals surface area contributed by atoms with E-state index in [0.29, 0.717) is 6.04 Å². The number of aromatic nitrogens is 1. The lowest BCUT2D eigenvalue weighted by molar-refractivity contribution is 0.0370. The molecule has 26 heavy (non-hydrogen) atoms. The van der Waals surface area contributed by atoms with Crippen molar-refractivity contribution in [2.45, 2.75) is 45.1 Å². The Bertz CT molecular complexity index is 773. The van der Waals surface area contributed by atoms with Crippen molar-refractivity contribution < 1.29 is 4.74 Å². The summed E-state index contributed by atoms with van der Waals surface area (Å²) in [6.45, 7) is 7.25. The third kappa shape index (κ3) is 3.98. The van der Waals surface area contributed by atoms with Crippen LogP contribution in [0.1, 0.15) is 37.4 Å². The average Bonchev–Trinajstić information content (AvgIpc) is 2.67. The molecule has 1 aliphatic carbocycles. The summed E-state index contributed by atoms with van der Waals surface area (Å²) < 4.78 is 5.45. The number of morpholine rings is 1. The van der Waals surface area contributed by atoms with Gasteiger partial charge in [0.05, 0.1) is 18.7 Å². The number of fused-ring (bicyclic) bond motifs is 2. The number of aryl methyl sites for hydroxylation is 1. The van der Waals surface area contributed by atoms with Gasteiger partial charge in [0.2, 0.25) is 0 Å². The van der Waals surface area contributed by atoms with Gasteiger partial charge in [0.25, 0.3) is 0 Å². The zero-order valence-electron chi connectivity index (χ0n) is 15.6. The fourth-order valence-electron chi connectivity index (χ4n) is 4.08. The number of ether oxygens (including phenoxy) is 1. The van der Waals surface area contributed by atoms with E-state index in [1.807, 2.05) is 12.1 Å². The second kappa shape index (κ2) is 8.12. The van der Waals surface area contributed by atoms with E-state index < -0.39 is 0 Å². The summed E-state index contributed by atoms with van der Waals surface area (Å²) in [6.07, 6.45) is 5.82. The van der Waals surface area contributed by atoms with Crippen LogP contribution >= 0.6 is 11.6 Å². The minimum Gasteiger partial charge on any atom is -0.382 e. The SMILES string of the molecule is CC(CCN1CCOCC1)Nc1c2c(nc3cc(Cl)ccc13)CCCC2. The number of hydrogen-bond donors (Lipinski definition) is 1. The van der Waals surface area contributed by atoms with Gasteiger partial charge in [-0.1, -0.05) is 11.6 Å². The normalized spacial score (nSPS) is 19.3. The van der Waals surface area contributed by atoms with Crippen molar-refractivity contribution in [2.75, 3.05) is 38.2 Å². The van der Waals surface area contributed by atoms with Crippen molar-refractivity contribution >= 4 is 28.2 Å². The summed E-state index contributed by atoms with van der Waals surface area (Å²) in [5.74, 6) is 0. The molecule has 0 spiro atoms. The molecule has 1 aromatic carbocycles. The molecule has 1 aromatic heterocycles. The van der Waals surface area contributed by atoms with Crippen molar-refractivity contribution in [1.82, 2.24) is 9.88 Å². The Labute approximate surface area is 160 Å². The summed E-state index contributed by atoms with van der Waals surface area (Å²) in [7, 11) is 0. The van der Waals surface area contributed by atoms with Crippen LogP contribution < -0.4 is 5.32 Å². The van der Waals surface area contributed by atoms with Crippen molar-refractivity contribution in [3.8, 4) is 0 Å². The summed E-state index contributed by atoms with van der Waals surface area (Å²) >= 11 is 6.22. The van der Waals surface area contributed by atoms with Crippen LogP contribution in [0.3, 0.4) is 0 Å². The molecular weight excluding hydrogens is 346 g/mol. The molecule has 5 heteroatoms. The molecule has 4 nitrogen and oxygen atoms in total. The van der Waals surface area contributed by atoms with E-state index in [1.54, 1.807) is 0 Å². The molecule has 2 aromatic rings. The first-order valence-electron chi connectivity index (χ1n) is 9.88. The highest BCUT2D eigenvalue weighted by Crippen LogP contribution is 2.34. The third-order valence-corrected chi connectivity index (χ3v) is 5.83. The lowest BCUT2D eigenvalue weighted by Gasteiger charge is -2.29. The first-order valence-corrected chi connectivity index (χ1v) is 10.3. The highest BCUT2D eigenvalue weighted by molar-refractivity contribution is 6.31. The Hall–Kier alpha value is -1.36. The molecule has 2 aliphatic rings. The van der Waals surface area contributed by atoms with Gasteiger partial charge in [-0.25, -0.2) is 0 Å². The van der Waals surface area contributed by atoms with E-state index in [0.717, 1.165) is 62.6 Å². The number of hydrogen-bond acceptors (Lipinski definition) is 4. The summed E-state index contributed by atoms with van der Waals surface area (Å²) in [4.78, 5) is 7.42. The Morgan fingerprint density at radius 1 is 1.23 bits per heavy atom. The minimum absolute atomic E-state index is 0.421. The van der Waals surface area contributed by atoms with Crippen molar-refractivity contribution in [2.24, 2.45) is 0 Å². The molecule has 140 valence electrons. The number of anilines is 1. The van der Waals surface area contributed by atoms with Crippen LogP contribution in [-0.4, -0.2) is 48.8 Å². The van der Waals surface area contributed by atoms with Gasteiger partial charge >= 0.3 is 0 Å². The Morgan fingerprint density at radius 3 is 2.88 bits per heavy atom. The molecule has 0 saturated carbocycles. The molecule has 0 amide bonds. The lowest BCUT2D eigenvalue weighted by Crippen LogP contribution is -2.38. The number of pyridine rings is 1. The molecule has 1 unspecified atom stereocenters. The van der Waals surface area contributed by atoms with E-state index in [9.17, 15) is 0 Å². The van der Waals surface area contributed by atoms with Crippen molar-refractivity contribution in [3.05, 3.63) is 34.5 Å². The molecule has 1 N–H and O–H groups in total. The molecule has 1 fully saturated rings. The zero-order valence-corrected chi connectivity index (χ0v) is 16.3. The average molecular weight is 374 g/mol. The largest absolute Gasteiger partial charge is 0.382 e.